The zero-order chi connectivity index (χ0) is 21.3. The van der Waals surface area contributed by atoms with E-state index < -0.39 is 47.1 Å². The van der Waals surface area contributed by atoms with Crippen molar-refractivity contribution >= 4 is 39.9 Å². The van der Waals surface area contributed by atoms with Crippen molar-refractivity contribution in [3.05, 3.63) is 69.1 Å². The molecule has 0 fully saturated rings. The third-order valence-electron chi connectivity index (χ3n) is 3.92. The highest BCUT2D eigenvalue weighted by molar-refractivity contribution is 6.30. The highest BCUT2D eigenvalue weighted by Crippen LogP contribution is 2.36. The van der Waals surface area contributed by atoms with Gasteiger partial charge in [-0.1, -0.05) is 29.8 Å². The van der Waals surface area contributed by atoms with Crippen LogP contribution in [-0.4, -0.2) is 26.8 Å². The molecule has 0 aliphatic rings. The molecule has 7 nitrogen and oxygen atoms in total. The summed E-state index contributed by atoms with van der Waals surface area (Å²) in [6, 6.07) is 8.56. The molecule has 29 heavy (non-hydrogen) atoms. The molecular formula is C18H11ClF3N3O4. The zero-order valence-corrected chi connectivity index (χ0v) is 15.1. The molecule has 2 aromatic carbocycles. The Labute approximate surface area is 165 Å². The molecule has 0 saturated heterocycles. The van der Waals surface area contributed by atoms with Gasteiger partial charge in [0.25, 0.3) is 5.56 Å². The number of anilines is 1. The Hall–Kier alpha value is -3.40. The number of nitrogens with zero attached hydrogens (tertiary/aromatic N) is 2. The molecule has 0 unspecified atom stereocenters. The van der Waals surface area contributed by atoms with Gasteiger partial charge in [0.1, 0.15) is 6.54 Å². The summed E-state index contributed by atoms with van der Waals surface area (Å²) in [6.07, 6.45) is -4.78. The third kappa shape index (κ3) is 4.21. The van der Waals surface area contributed by atoms with E-state index in [4.69, 9.17) is 11.6 Å². The maximum absolute atomic E-state index is 13.1. The molecule has 1 aromatic heterocycles. The minimum absolute atomic E-state index is 0.00942. The van der Waals surface area contributed by atoms with Gasteiger partial charge in [0.05, 0.1) is 16.6 Å². The van der Waals surface area contributed by atoms with E-state index in [0.717, 1.165) is 12.1 Å². The number of fused-ring (bicyclic) bond motifs is 1. The van der Waals surface area contributed by atoms with Gasteiger partial charge >= 0.3 is 12.1 Å². The van der Waals surface area contributed by atoms with Gasteiger partial charge in [0.2, 0.25) is 5.91 Å². The highest BCUT2D eigenvalue weighted by atomic mass is 35.5. The van der Waals surface area contributed by atoms with Crippen LogP contribution in [0.3, 0.4) is 0 Å². The first kappa shape index (κ1) is 20.3. The highest BCUT2D eigenvalue weighted by Gasteiger charge is 2.34. The van der Waals surface area contributed by atoms with Crippen LogP contribution in [0.4, 0.5) is 18.9 Å². The van der Waals surface area contributed by atoms with Crippen LogP contribution in [0, 0.1) is 0 Å². The van der Waals surface area contributed by atoms with Crippen molar-refractivity contribution in [2.75, 3.05) is 5.32 Å². The molecule has 1 amide bonds. The van der Waals surface area contributed by atoms with Crippen LogP contribution in [-0.2, 0) is 17.5 Å². The molecule has 0 spiro atoms. The number of hydrogen-bond acceptors (Lipinski definition) is 4. The zero-order valence-electron chi connectivity index (χ0n) is 14.3. The van der Waals surface area contributed by atoms with E-state index in [1.807, 2.05) is 0 Å². The third-order valence-corrected chi connectivity index (χ3v) is 4.16. The largest absolute Gasteiger partial charge is 0.476 e. The Bertz CT molecular complexity index is 1190. The molecule has 150 valence electrons. The average molecular weight is 426 g/mol. The first-order valence-electron chi connectivity index (χ1n) is 7.97. The molecular weight excluding hydrogens is 415 g/mol. The van der Waals surface area contributed by atoms with Crippen molar-refractivity contribution < 1.29 is 27.9 Å². The fraction of sp³-hybridized carbons (Fsp3) is 0.111. The molecule has 0 bridgehead atoms. The summed E-state index contributed by atoms with van der Waals surface area (Å²) < 4.78 is 40.0. The number of carbonyl (C=O) groups is 2. The molecule has 11 heteroatoms. The Balaban J connectivity index is 1.97. The summed E-state index contributed by atoms with van der Waals surface area (Å²) in [5, 5.41) is 14.9. The standard InChI is InChI=1S/C18H11ClF3N3O4/c19-9-5-6-13(12(7-9)18(20,21)22)23-14(26)8-25-16(27)11-4-2-1-3-10(11)15(24-25)17(28)29/h1-7H,8H2,(H,23,26)(H,28,29). The average Bonchev–Trinajstić information content (AvgIpc) is 2.64. The van der Waals surface area contributed by atoms with E-state index in [2.05, 4.69) is 10.4 Å². The van der Waals surface area contributed by atoms with Crippen molar-refractivity contribution in [3.8, 4) is 0 Å². The van der Waals surface area contributed by atoms with E-state index >= 15 is 0 Å². The second-order valence-corrected chi connectivity index (χ2v) is 6.33. The normalized spacial score (nSPS) is 11.4. The van der Waals surface area contributed by atoms with E-state index in [1.165, 1.54) is 24.3 Å². The van der Waals surface area contributed by atoms with Crippen molar-refractivity contribution in [2.24, 2.45) is 0 Å². The first-order valence-corrected chi connectivity index (χ1v) is 8.35. The van der Waals surface area contributed by atoms with Gasteiger partial charge in [0, 0.05) is 10.4 Å². The molecule has 0 radical (unpaired) electrons. The smallest absolute Gasteiger partial charge is 0.418 e. The van der Waals surface area contributed by atoms with Gasteiger partial charge in [-0.05, 0) is 24.3 Å². The molecule has 0 aliphatic carbocycles. The Morgan fingerprint density at radius 2 is 1.79 bits per heavy atom. The van der Waals surface area contributed by atoms with Crippen LogP contribution in [0.1, 0.15) is 16.1 Å². The van der Waals surface area contributed by atoms with E-state index in [-0.39, 0.29) is 15.8 Å². The van der Waals surface area contributed by atoms with Gasteiger partial charge in [0.15, 0.2) is 5.69 Å². The lowest BCUT2D eigenvalue weighted by Crippen LogP contribution is -2.31. The van der Waals surface area contributed by atoms with Crippen molar-refractivity contribution in [1.82, 2.24) is 9.78 Å². The lowest BCUT2D eigenvalue weighted by molar-refractivity contribution is -0.137. The van der Waals surface area contributed by atoms with Crippen molar-refractivity contribution in [2.45, 2.75) is 12.7 Å². The summed E-state index contributed by atoms with van der Waals surface area (Å²) in [6.45, 7) is -0.788. The fourth-order valence-electron chi connectivity index (χ4n) is 2.69. The second-order valence-electron chi connectivity index (χ2n) is 5.90. The van der Waals surface area contributed by atoms with Gasteiger partial charge in [-0.3, -0.25) is 9.59 Å². The maximum Gasteiger partial charge on any atom is 0.418 e. The summed E-state index contributed by atoms with van der Waals surface area (Å²) >= 11 is 5.59. The summed E-state index contributed by atoms with van der Waals surface area (Å²) in [5.41, 5.74) is -2.94. The number of carbonyl (C=O) groups excluding carboxylic acids is 1. The summed E-state index contributed by atoms with van der Waals surface area (Å²) in [4.78, 5) is 36.2. The predicted molar refractivity (Wildman–Crippen MR) is 98.0 cm³/mol. The van der Waals surface area contributed by atoms with Crippen LogP contribution in [0.2, 0.25) is 5.02 Å². The predicted octanol–water partition coefficient (Wildman–Crippen LogP) is 3.41. The van der Waals surface area contributed by atoms with Gasteiger partial charge in [-0.15, -0.1) is 0 Å². The number of rotatable bonds is 4. The lowest BCUT2D eigenvalue weighted by Gasteiger charge is -2.14. The van der Waals surface area contributed by atoms with Crippen LogP contribution >= 0.6 is 11.6 Å². The Morgan fingerprint density at radius 1 is 1.14 bits per heavy atom. The van der Waals surface area contributed by atoms with Crippen molar-refractivity contribution in [3.63, 3.8) is 0 Å². The maximum atomic E-state index is 13.1. The molecule has 0 atom stereocenters. The Morgan fingerprint density at radius 3 is 2.41 bits per heavy atom. The molecule has 0 saturated carbocycles. The molecule has 3 aromatic rings. The number of hydrogen-bond donors (Lipinski definition) is 2. The molecule has 3 rings (SSSR count). The Kier molecular flexibility index (Phi) is 5.29. The van der Waals surface area contributed by atoms with Crippen molar-refractivity contribution in [1.29, 1.82) is 0 Å². The van der Waals surface area contributed by atoms with Gasteiger partial charge in [-0.2, -0.15) is 18.3 Å². The number of amides is 1. The van der Waals surface area contributed by atoms with E-state index in [1.54, 1.807) is 0 Å². The number of benzene rings is 2. The van der Waals surface area contributed by atoms with Crippen LogP contribution in [0.15, 0.2) is 47.3 Å². The quantitative estimate of drug-likeness (QED) is 0.667. The van der Waals surface area contributed by atoms with Crippen LogP contribution in [0.25, 0.3) is 10.8 Å². The number of carboxylic acids is 1. The number of carboxylic acid groups (broad SMARTS) is 1. The monoisotopic (exact) mass is 425 g/mol. The summed E-state index contributed by atoms with van der Waals surface area (Å²) in [7, 11) is 0. The molecule has 1 heterocycles. The van der Waals surface area contributed by atoms with Gasteiger partial charge < -0.3 is 10.4 Å². The minimum atomic E-state index is -4.78. The van der Waals surface area contributed by atoms with E-state index in [9.17, 15) is 32.7 Å². The minimum Gasteiger partial charge on any atom is -0.476 e. The number of alkyl halides is 3. The molecule has 2 N–H and O–H groups in total. The SMILES string of the molecule is O=C(Cn1nc(C(=O)O)c2ccccc2c1=O)Nc1ccc(Cl)cc1C(F)(F)F. The lowest BCUT2D eigenvalue weighted by atomic mass is 10.1. The fourth-order valence-corrected chi connectivity index (χ4v) is 2.86. The number of nitrogens with one attached hydrogen (secondary N) is 1. The summed E-state index contributed by atoms with van der Waals surface area (Å²) in [5.74, 6) is -2.42. The van der Waals surface area contributed by atoms with E-state index in [0.29, 0.717) is 10.7 Å². The van der Waals surface area contributed by atoms with Gasteiger partial charge in [-0.25, -0.2) is 9.48 Å². The van der Waals surface area contributed by atoms with Crippen LogP contribution < -0.4 is 10.9 Å². The number of halogens is 4. The number of aromatic nitrogens is 2. The second kappa shape index (κ2) is 7.55. The topological polar surface area (TPSA) is 101 Å². The van der Waals surface area contributed by atoms with Crippen LogP contribution in [0.5, 0.6) is 0 Å². The first-order chi connectivity index (χ1) is 13.6. The number of aromatic carboxylic acids is 1. The molecule has 0 aliphatic heterocycles.